The molecule has 0 aromatic heterocycles. The fraction of sp³-hybridized carbons (Fsp3) is 0.571. The minimum Gasteiger partial charge on any atom is -0.207 e. The van der Waals surface area contributed by atoms with Crippen LogP contribution in [0.2, 0.25) is 0 Å². The zero-order chi connectivity index (χ0) is 11.4. The molecule has 0 atom stereocenters. The Morgan fingerprint density at radius 1 is 1.00 bits per heavy atom. The third kappa shape index (κ3) is 3.33. The Morgan fingerprint density at radius 2 is 1.53 bits per heavy atom. The summed E-state index contributed by atoms with van der Waals surface area (Å²) in [6.45, 7) is 8.86. The maximum Gasteiger partial charge on any atom is 0.126 e. The minimum atomic E-state index is -0.0659. The highest BCUT2D eigenvalue weighted by Gasteiger charge is 2.19. The molecule has 0 aliphatic rings. The van der Waals surface area contributed by atoms with Crippen LogP contribution in [0.1, 0.15) is 33.3 Å². The Balaban J connectivity index is 2.79. The molecule has 1 rings (SSSR count). The van der Waals surface area contributed by atoms with Crippen molar-refractivity contribution in [3.05, 3.63) is 35.6 Å². The lowest BCUT2D eigenvalue weighted by atomic mass is 9.81. The number of hydrogen-bond donors (Lipinski definition) is 0. The van der Waals surface area contributed by atoms with E-state index in [4.69, 9.17) is 0 Å². The second-order valence-corrected chi connectivity index (χ2v) is 4.95. The number of hydrogen-bond acceptors (Lipinski definition) is 0. The van der Waals surface area contributed by atoms with Crippen LogP contribution in [-0.4, -0.2) is 0 Å². The molecule has 0 N–H and O–H groups in total. The van der Waals surface area contributed by atoms with E-state index >= 15 is 0 Å². The molecule has 1 aromatic rings. The minimum absolute atomic E-state index is 0.0659. The van der Waals surface area contributed by atoms with Crippen molar-refractivity contribution in [3.8, 4) is 0 Å². The molecule has 0 aliphatic carbocycles. The lowest BCUT2D eigenvalue weighted by Gasteiger charge is -2.25. The summed E-state index contributed by atoms with van der Waals surface area (Å²) in [5.41, 5.74) is 0.852. The summed E-state index contributed by atoms with van der Waals surface area (Å²) in [6, 6.07) is 7.11. The molecule has 0 radical (unpaired) electrons. The van der Waals surface area contributed by atoms with Crippen LogP contribution in [0, 0.1) is 23.6 Å². The van der Waals surface area contributed by atoms with E-state index < -0.39 is 0 Å². The number of halogens is 1. The fourth-order valence-electron chi connectivity index (χ4n) is 2.16. The quantitative estimate of drug-likeness (QED) is 0.692. The molecule has 1 aromatic carbocycles. The summed E-state index contributed by atoms with van der Waals surface area (Å²) < 4.78 is 13.5. The molecule has 0 fully saturated rings. The predicted octanol–water partition coefficient (Wildman–Crippen LogP) is 4.30. The van der Waals surface area contributed by atoms with Crippen molar-refractivity contribution >= 4 is 0 Å². The van der Waals surface area contributed by atoms with Crippen molar-refractivity contribution in [3.63, 3.8) is 0 Å². The van der Waals surface area contributed by atoms with Crippen LogP contribution in [0.3, 0.4) is 0 Å². The van der Waals surface area contributed by atoms with Gasteiger partial charge in [0.2, 0.25) is 0 Å². The van der Waals surface area contributed by atoms with Gasteiger partial charge in [-0.25, -0.2) is 4.39 Å². The summed E-state index contributed by atoms with van der Waals surface area (Å²) >= 11 is 0. The topological polar surface area (TPSA) is 0 Å². The second kappa shape index (κ2) is 5.29. The van der Waals surface area contributed by atoms with Crippen LogP contribution in [0.5, 0.6) is 0 Å². The van der Waals surface area contributed by atoms with Crippen LogP contribution >= 0.6 is 0 Å². The summed E-state index contributed by atoms with van der Waals surface area (Å²) in [7, 11) is 0. The molecule has 84 valence electrons. The average molecular weight is 208 g/mol. The maximum absolute atomic E-state index is 13.5. The summed E-state index contributed by atoms with van der Waals surface area (Å²) in [5.74, 6) is 1.69. The van der Waals surface area contributed by atoms with Gasteiger partial charge in [0, 0.05) is 0 Å². The van der Waals surface area contributed by atoms with Gasteiger partial charge in [-0.1, -0.05) is 45.9 Å². The summed E-state index contributed by atoms with van der Waals surface area (Å²) in [6.07, 6.45) is 0.849. The van der Waals surface area contributed by atoms with E-state index in [0.717, 1.165) is 12.0 Å². The molecule has 1 heteroatoms. The van der Waals surface area contributed by atoms with Gasteiger partial charge in [0.15, 0.2) is 0 Å². The Kier molecular flexibility index (Phi) is 4.31. The molecule has 0 saturated carbocycles. The Hall–Kier alpha value is -0.850. The monoisotopic (exact) mass is 208 g/mol. The average Bonchev–Trinajstić information content (AvgIpc) is 2.15. The van der Waals surface area contributed by atoms with Gasteiger partial charge in [0.05, 0.1) is 0 Å². The van der Waals surface area contributed by atoms with Crippen molar-refractivity contribution in [2.45, 2.75) is 34.1 Å². The Morgan fingerprint density at radius 3 is 2.00 bits per heavy atom. The lowest BCUT2D eigenvalue weighted by molar-refractivity contribution is 0.283. The smallest absolute Gasteiger partial charge is 0.126 e. The third-order valence-electron chi connectivity index (χ3n) is 3.13. The Bertz CT molecular complexity index is 294. The third-order valence-corrected chi connectivity index (χ3v) is 3.13. The molecule has 0 saturated heterocycles. The molecule has 0 spiro atoms. The molecule has 0 bridgehead atoms. The highest BCUT2D eigenvalue weighted by atomic mass is 19.1. The normalized spacial score (nSPS) is 11.7. The fourth-order valence-corrected chi connectivity index (χ4v) is 2.16. The van der Waals surface area contributed by atoms with Gasteiger partial charge < -0.3 is 0 Å². The van der Waals surface area contributed by atoms with Crippen molar-refractivity contribution in [2.24, 2.45) is 17.8 Å². The Labute approximate surface area is 92.5 Å². The second-order valence-electron chi connectivity index (χ2n) is 4.95. The maximum atomic E-state index is 13.5. The standard InChI is InChI=1S/C14H21F/c1-10(2)13(11(3)4)9-12-7-5-6-8-14(12)15/h5-8,10-11,13H,9H2,1-4H3. The SMILES string of the molecule is CC(C)C(Cc1ccccc1F)C(C)C. The molecular formula is C14H21F. The number of rotatable bonds is 4. The summed E-state index contributed by atoms with van der Waals surface area (Å²) in [4.78, 5) is 0. The lowest BCUT2D eigenvalue weighted by Crippen LogP contribution is -2.18. The van der Waals surface area contributed by atoms with Gasteiger partial charge in [-0.15, -0.1) is 0 Å². The van der Waals surface area contributed by atoms with Crippen LogP contribution in [0.15, 0.2) is 24.3 Å². The van der Waals surface area contributed by atoms with Crippen molar-refractivity contribution < 1.29 is 4.39 Å². The van der Waals surface area contributed by atoms with E-state index in [1.807, 2.05) is 12.1 Å². The predicted molar refractivity (Wildman–Crippen MR) is 63.3 cm³/mol. The van der Waals surface area contributed by atoms with E-state index in [0.29, 0.717) is 17.8 Å². The van der Waals surface area contributed by atoms with Crippen LogP contribution in [0.25, 0.3) is 0 Å². The van der Waals surface area contributed by atoms with Crippen molar-refractivity contribution in [1.82, 2.24) is 0 Å². The van der Waals surface area contributed by atoms with Crippen LogP contribution in [-0.2, 0) is 6.42 Å². The first kappa shape index (κ1) is 12.2. The highest BCUT2D eigenvalue weighted by Crippen LogP contribution is 2.25. The number of benzene rings is 1. The van der Waals surface area contributed by atoms with E-state index in [1.54, 1.807) is 12.1 Å². The first-order valence-electron chi connectivity index (χ1n) is 5.75. The summed E-state index contributed by atoms with van der Waals surface area (Å²) in [5, 5.41) is 0. The van der Waals surface area contributed by atoms with Crippen LogP contribution in [0.4, 0.5) is 4.39 Å². The largest absolute Gasteiger partial charge is 0.207 e. The molecule has 0 unspecified atom stereocenters. The highest BCUT2D eigenvalue weighted by molar-refractivity contribution is 5.18. The molecule has 0 aliphatic heterocycles. The van der Waals surface area contributed by atoms with E-state index in [2.05, 4.69) is 27.7 Å². The first-order valence-corrected chi connectivity index (χ1v) is 5.75. The van der Waals surface area contributed by atoms with E-state index in [1.165, 1.54) is 0 Å². The molecular weight excluding hydrogens is 187 g/mol. The zero-order valence-corrected chi connectivity index (χ0v) is 10.1. The van der Waals surface area contributed by atoms with Gasteiger partial charge in [-0.3, -0.25) is 0 Å². The van der Waals surface area contributed by atoms with Gasteiger partial charge in [-0.05, 0) is 35.8 Å². The van der Waals surface area contributed by atoms with Gasteiger partial charge >= 0.3 is 0 Å². The van der Waals surface area contributed by atoms with Crippen molar-refractivity contribution in [2.75, 3.05) is 0 Å². The van der Waals surface area contributed by atoms with Gasteiger partial charge in [-0.2, -0.15) is 0 Å². The van der Waals surface area contributed by atoms with Gasteiger partial charge in [0.1, 0.15) is 5.82 Å². The first-order chi connectivity index (χ1) is 7.02. The molecule has 0 heterocycles. The van der Waals surface area contributed by atoms with E-state index in [9.17, 15) is 4.39 Å². The molecule has 0 nitrogen and oxygen atoms in total. The zero-order valence-electron chi connectivity index (χ0n) is 10.1. The van der Waals surface area contributed by atoms with Crippen molar-refractivity contribution in [1.29, 1.82) is 0 Å². The van der Waals surface area contributed by atoms with E-state index in [-0.39, 0.29) is 5.82 Å². The van der Waals surface area contributed by atoms with Gasteiger partial charge in [0.25, 0.3) is 0 Å². The van der Waals surface area contributed by atoms with Crippen LogP contribution < -0.4 is 0 Å². The molecule has 15 heavy (non-hydrogen) atoms. The molecule has 0 amide bonds.